The molecule has 1 N–H and O–H groups in total. The van der Waals surface area contributed by atoms with Crippen molar-refractivity contribution in [2.75, 3.05) is 6.61 Å². The molecule has 1 saturated heterocycles. The van der Waals surface area contributed by atoms with Gasteiger partial charge in [0.05, 0.1) is 23.9 Å². The summed E-state index contributed by atoms with van der Waals surface area (Å²) in [7, 11) is 0. The number of nitrogens with zero attached hydrogens (tertiary/aromatic N) is 3. The van der Waals surface area contributed by atoms with Crippen molar-refractivity contribution in [1.82, 2.24) is 0 Å². The van der Waals surface area contributed by atoms with Crippen LogP contribution in [0.25, 0.3) is 10.4 Å². The highest BCUT2D eigenvalue weighted by atomic mass is 16.7. The molecule has 0 amide bonds. The van der Waals surface area contributed by atoms with Gasteiger partial charge in [-0.05, 0) is 118 Å². The highest BCUT2D eigenvalue weighted by Gasteiger charge is 2.67. The minimum atomic E-state index is -0.664. The van der Waals surface area contributed by atoms with E-state index in [4.69, 9.17) is 19.7 Å². The Bertz CT molecular complexity index is 1010. The van der Waals surface area contributed by atoms with Gasteiger partial charge < -0.3 is 19.3 Å². The second kappa shape index (κ2) is 9.25. The van der Waals surface area contributed by atoms with Crippen molar-refractivity contribution in [3.05, 3.63) is 22.1 Å². The van der Waals surface area contributed by atoms with E-state index in [9.17, 15) is 9.90 Å². The molecule has 11 atom stereocenters. The summed E-state index contributed by atoms with van der Waals surface area (Å²) in [6, 6.07) is -0.106. The molecule has 4 aliphatic carbocycles. The molecular weight excluding hydrogens is 470 g/mol. The molecule has 6 aliphatic rings. The number of cyclic esters (lactones) is 1. The van der Waals surface area contributed by atoms with Gasteiger partial charge in [0, 0.05) is 16.4 Å². The van der Waals surface area contributed by atoms with Crippen molar-refractivity contribution in [1.29, 1.82) is 0 Å². The van der Waals surface area contributed by atoms with E-state index in [0.29, 0.717) is 24.4 Å². The summed E-state index contributed by atoms with van der Waals surface area (Å²) in [5.41, 5.74) is 9.26. The summed E-state index contributed by atoms with van der Waals surface area (Å²) in [5, 5.41) is 16.3. The van der Waals surface area contributed by atoms with Gasteiger partial charge in [-0.1, -0.05) is 19.0 Å². The average Bonchev–Trinajstić information content (AvgIpc) is 3.41. The minimum absolute atomic E-state index is 0.106. The van der Waals surface area contributed by atoms with Gasteiger partial charge in [-0.2, -0.15) is 0 Å². The lowest BCUT2D eigenvalue weighted by molar-refractivity contribution is -0.240. The lowest BCUT2D eigenvalue weighted by atomic mass is 9.43. The number of aliphatic hydroxyl groups is 1. The Morgan fingerprint density at radius 1 is 1.08 bits per heavy atom. The Balaban J connectivity index is 1.13. The van der Waals surface area contributed by atoms with Crippen LogP contribution in [0.3, 0.4) is 0 Å². The van der Waals surface area contributed by atoms with Gasteiger partial charge in [-0.25, -0.2) is 4.79 Å². The van der Waals surface area contributed by atoms with Crippen LogP contribution in [0.15, 0.2) is 16.8 Å². The molecule has 7 unspecified atom stereocenters. The van der Waals surface area contributed by atoms with E-state index in [1.165, 1.54) is 0 Å². The van der Waals surface area contributed by atoms with Crippen molar-refractivity contribution in [2.45, 2.75) is 122 Å². The zero-order chi connectivity index (χ0) is 26.0. The number of ether oxygens (including phenoxy) is 3. The predicted octanol–water partition coefficient (Wildman–Crippen LogP) is 5.83. The molecule has 0 aromatic carbocycles. The summed E-state index contributed by atoms with van der Waals surface area (Å²) in [6.07, 6.45) is 12.6. The molecule has 2 heterocycles. The maximum atomic E-state index is 12.4. The molecule has 2 aliphatic heterocycles. The standard InChI is InChI=1S/C29H43N3O5/c1-17-24(31-32-30)6-7-26(36-17)37-20-8-11-27(2)19(15-20)4-5-23-22(27)9-12-28(3)21(10-13-29(23,28)34)18-14-25(33)35-16-18/h14,17,19-24,26,34H,4-13,15-16H2,1-3H3/t17?,19-,20-,21?,22?,23+,24?,26?,27?,28?,29-/m0/s1. The van der Waals surface area contributed by atoms with E-state index in [-0.39, 0.29) is 47.3 Å². The third-order valence-corrected chi connectivity index (χ3v) is 12.1. The maximum Gasteiger partial charge on any atom is 0.331 e. The molecule has 204 valence electrons. The van der Waals surface area contributed by atoms with Crippen LogP contribution < -0.4 is 0 Å². The predicted molar refractivity (Wildman–Crippen MR) is 137 cm³/mol. The summed E-state index contributed by atoms with van der Waals surface area (Å²) in [4.78, 5) is 14.8. The average molecular weight is 514 g/mol. The van der Waals surface area contributed by atoms with Gasteiger partial charge in [0.2, 0.25) is 0 Å². The highest BCUT2D eigenvalue weighted by molar-refractivity contribution is 5.85. The van der Waals surface area contributed by atoms with Gasteiger partial charge in [0.15, 0.2) is 6.29 Å². The fourth-order valence-electron chi connectivity index (χ4n) is 9.97. The van der Waals surface area contributed by atoms with E-state index in [0.717, 1.165) is 76.2 Å². The third-order valence-electron chi connectivity index (χ3n) is 12.1. The van der Waals surface area contributed by atoms with E-state index in [1.807, 2.05) is 6.92 Å². The molecule has 0 aromatic heterocycles. The molecule has 0 radical (unpaired) electrons. The van der Waals surface area contributed by atoms with Crippen LogP contribution in [-0.2, 0) is 19.0 Å². The lowest BCUT2D eigenvalue weighted by Crippen LogP contribution is -2.62. The van der Waals surface area contributed by atoms with Crippen LogP contribution in [0.2, 0.25) is 0 Å². The lowest BCUT2D eigenvalue weighted by Gasteiger charge is -2.63. The topological polar surface area (TPSA) is 114 Å². The van der Waals surface area contributed by atoms with Gasteiger partial charge in [-0.15, -0.1) is 0 Å². The van der Waals surface area contributed by atoms with Crippen molar-refractivity contribution >= 4 is 5.97 Å². The van der Waals surface area contributed by atoms with Crippen LogP contribution in [0, 0.1) is 34.5 Å². The SMILES string of the molecule is CC1OC(O[C@H]2CCC3(C)C4CCC5(C)C(C6=CC(=O)OC6)CC[C@]5(O)[C@@H]4CC[C@H]3C2)CCC1N=[N+]=[N-]. The number of azide groups is 1. The molecule has 6 rings (SSSR count). The van der Waals surface area contributed by atoms with Gasteiger partial charge >= 0.3 is 5.97 Å². The Morgan fingerprint density at radius 3 is 2.65 bits per heavy atom. The first-order chi connectivity index (χ1) is 17.7. The highest BCUT2D eigenvalue weighted by Crippen LogP contribution is 2.70. The Kier molecular flexibility index (Phi) is 6.42. The zero-order valence-electron chi connectivity index (χ0n) is 22.6. The van der Waals surface area contributed by atoms with E-state index < -0.39 is 5.60 Å². The molecule has 8 heteroatoms. The van der Waals surface area contributed by atoms with Crippen LogP contribution >= 0.6 is 0 Å². The number of carbonyl (C=O) groups excluding carboxylic acids is 1. The Labute approximate surface area is 220 Å². The van der Waals surface area contributed by atoms with Crippen LogP contribution in [0.1, 0.15) is 91.4 Å². The summed E-state index contributed by atoms with van der Waals surface area (Å²) < 4.78 is 17.8. The monoisotopic (exact) mass is 513 g/mol. The fourth-order valence-corrected chi connectivity index (χ4v) is 9.97. The third kappa shape index (κ3) is 3.97. The number of hydrogen-bond acceptors (Lipinski definition) is 6. The molecule has 0 bridgehead atoms. The Morgan fingerprint density at radius 2 is 1.92 bits per heavy atom. The van der Waals surface area contributed by atoms with Gasteiger partial charge in [0.1, 0.15) is 6.61 Å². The number of hydrogen-bond donors (Lipinski definition) is 1. The fraction of sp³-hybridized carbons (Fsp3) is 0.897. The van der Waals surface area contributed by atoms with Crippen molar-refractivity contribution in [2.24, 2.45) is 39.6 Å². The molecule has 5 fully saturated rings. The van der Waals surface area contributed by atoms with E-state index >= 15 is 0 Å². The molecule has 4 saturated carbocycles. The summed E-state index contributed by atoms with van der Waals surface area (Å²) in [6.45, 7) is 7.16. The maximum absolute atomic E-state index is 12.4. The van der Waals surface area contributed by atoms with Crippen molar-refractivity contribution in [3.63, 3.8) is 0 Å². The number of rotatable bonds is 4. The summed E-state index contributed by atoms with van der Waals surface area (Å²) in [5.74, 6) is 1.50. The van der Waals surface area contributed by atoms with Crippen LogP contribution in [0.5, 0.6) is 0 Å². The number of carbonyl (C=O) groups is 1. The van der Waals surface area contributed by atoms with Crippen LogP contribution in [-0.4, -0.2) is 47.8 Å². The first-order valence-corrected chi connectivity index (χ1v) is 14.6. The molecular formula is C29H43N3O5. The molecule has 0 aromatic rings. The molecule has 37 heavy (non-hydrogen) atoms. The smallest absolute Gasteiger partial charge is 0.331 e. The first-order valence-electron chi connectivity index (χ1n) is 14.6. The van der Waals surface area contributed by atoms with E-state index in [2.05, 4.69) is 23.9 Å². The zero-order valence-corrected chi connectivity index (χ0v) is 22.6. The minimum Gasteiger partial charge on any atom is -0.458 e. The quantitative estimate of drug-likeness (QED) is 0.167. The van der Waals surface area contributed by atoms with Crippen molar-refractivity contribution in [3.8, 4) is 0 Å². The number of esters is 1. The van der Waals surface area contributed by atoms with Crippen molar-refractivity contribution < 1.29 is 24.1 Å². The molecule has 0 spiro atoms. The normalized spacial score (nSPS) is 51.2. The van der Waals surface area contributed by atoms with E-state index in [1.54, 1.807) is 6.08 Å². The first kappa shape index (κ1) is 25.7. The largest absolute Gasteiger partial charge is 0.458 e. The second-order valence-electron chi connectivity index (χ2n) is 13.4. The number of fused-ring (bicyclic) bond motifs is 5. The molecule has 8 nitrogen and oxygen atoms in total. The van der Waals surface area contributed by atoms with Gasteiger partial charge in [-0.3, -0.25) is 0 Å². The second-order valence-corrected chi connectivity index (χ2v) is 13.4. The van der Waals surface area contributed by atoms with Crippen LogP contribution in [0.4, 0.5) is 0 Å². The Hall–Kier alpha value is -1.60. The summed E-state index contributed by atoms with van der Waals surface area (Å²) >= 11 is 0. The van der Waals surface area contributed by atoms with Gasteiger partial charge in [0.25, 0.3) is 0 Å².